The van der Waals surface area contributed by atoms with Gasteiger partial charge in [-0.25, -0.2) is 0 Å². The topological polar surface area (TPSA) is 93.2 Å². The van der Waals surface area contributed by atoms with Crippen LogP contribution in [-0.4, -0.2) is 37.8 Å². The molecule has 1 unspecified atom stereocenters. The molecule has 0 saturated heterocycles. The van der Waals surface area contributed by atoms with E-state index in [2.05, 4.69) is 9.69 Å². The molecule has 88 valence electrons. The number of ether oxygens (including phenoxy) is 2. The van der Waals surface area contributed by atoms with Crippen molar-refractivity contribution in [2.75, 3.05) is 38.4 Å². The van der Waals surface area contributed by atoms with Crippen molar-refractivity contribution in [2.45, 2.75) is 6.10 Å². The van der Waals surface area contributed by atoms with Crippen molar-refractivity contribution in [1.29, 1.82) is 5.26 Å². The number of nitriles is 1. The van der Waals surface area contributed by atoms with Crippen molar-refractivity contribution < 1.29 is 9.47 Å². The summed E-state index contributed by atoms with van der Waals surface area (Å²) in [5.74, 6) is 0.260. The molecule has 1 atom stereocenters. The van der Waals surface area contributed by atoms with Gasteiger partial charge in [-0.2, -0.15) is 9.64 Å². The normalized spacial score (nSPS) is 12.1. The lowest BCUT2D eigenvalue weighted by Crippen LogP contribution is -2.26. The van der Waals surface area contributed by atoms with E-state index in [0.717, 1.165) is 0 Å². The summed E-state index contributed by atoms with van der Waals surface area (Å²) in [4.78, 5) is 0. The van der Waals surface area contributed by atoms with Crippen molar-refractivity contribution in [1.82, 2.24) is 4.37 Å². The van der Waals surface area contributed by atoms with E-state index in [9.17, 15) is 0 Å². The van der Waals surface area contributed by atoms with Crippen LogP contribution >= 0.6 is 11.5 Å². The molecule has 6 nitrogen and oxygen atoms in total. The average Bonchev–Trinajstić information content (AvgIpc) is 2.65. The molecular formula is C9H14N4O2S. The molecule has 1 aromatic heterocycles. The van der Waals surface area contributed by atoms with Crippen LogP contribution in [0.3, 0.4) is 0 Å². The molecule has 0 saturated carbocycles. The Morgan fingerprint density at radius 3 is 2.94 bits per heavy atom. The first-order valence-electron chi connectivity index (χ1n) is 4.63. The number of nitrogens with two attached hydrogens (primary N) is 1. The Kier molecular flexibility index (Phi) is 4.98. The molecule has 1 rings (SSSR count). The Morgan fingerprint density at radius 2 is 2.38 bits per heavy atom. The monoisotopic (exact) mass is 242 g/mol. The highest BCUT2D eigenvalue weighted by Crippen LogP contribution is 2.25. The third-order valence-electron chi connectivity index (χ3n) is 2.01. The molecule has 0 radical (unpaired) electrons. The van der Waals surface area contributed by atoms with Crippen molar-refractivity contribution >= 4 is 22.4 Å². The fourth-order valence-electron chi connectivity index (χ4n) is 1.13. The fraction of sp³-hybridized carbons (Fsp3) is 0.556. The molecule has 0 bridgehead atoms. The van der Waals surface area contributed by atoms with Crippen molar-refractivity contribution in [3.8, 4) is 6.07 Å². The Labute approximate surface area is 98.1 Å². The van der Waals surface area contributed by atoms with Crippen LogP contribution in [0.2, 0.25) is 0 Å². The predicted octanol–water partition coefficient (Wildman–Crippen LogP) is 0.670. The predicted molar refractivity (Wildman–Crippen MR) is 62.4 cm³/mol. The lowest BCUT2D eigenvalue weighted by molar-refractivity contribution is 0.0366. The van der Waals surface area contributed by atoms with Crippen LogP contribution in [0.1, 0.15) is 5.56 Å². The van der Waals surface area contributed by atoms with Gasteiger partial charge in [-0.1, -0.05) is 0 Å². The highest BCUT2D eigenvalue weighted by atomic mass is 32.1. The van der Waals surface area contributed by atoms with Crippen LogP contribution < -0.4 is 11.1 Å². The summed E-state index contributed by atoms with van der Waals surface area (Å²) < 4.78 is 14.1. The van der Waals surface area contributed by atoms with Gasteiger partial charge in [0.1, 0.15) is 16.6 Å². The van der Waals surface area contributed by atoms with Gasteiger partial charge in [0.05, 0.1) is 12.7 Å². The third-order valence-corrected chi connectivity index (χ3v) is 2.83. The van der Waals surface area contributed by atoms with Gasteiger partial charge in [-0.05, 0) is 11.5 Å². The SMILES string of the molecule is COCC(CNc1snc(N)c1C#N)OC. The number of aromatic nitrogens is 1. The van der Waals surface area contributed by atoms with Crippen LogP contribution in [0.4, 0.5) is 10.8 Å². The highest BCUT2D eigenvalue weighted by molar-refractivity contribution is 7.10. The molecule has 0 amide bonds. The van der Waals surface area contributed by atoms with E-state index in [1.54, 1.807) is 14.2 Å². The Bertz CT molecular complexity index is 374. The van der Waals surface area contributed by atoms with Gasteiger partial charge in [0.25, 0.3) is 0 Å². The molecule has 0 aliphatic rings. The number of methoxy groups -OCH3 is 2. The number of nitrogens with one attached hydrogen (secondary N) is 1. The first kappa shape index (κ1) is 12.7. The largest absolute Gasteiger partial charge is 0.382 e. The molecule has 1 heterocycles. The number of hydrogen-bond donors (Lipinski definition) is 2. The summed E-state index contributed by atoms with van der Waals surface area (Å²) >= 11 is 1.17. The second-order valence-electron chi connectivity index (χ2n) is 3.08. The molecule has 7 heteroatoms. The van der Waals surface area contributed by atoms with Gasteiger partial charge < -0.3 is 20.5 Å². The summed E-state index contributed by atoms with van der Waals surface area (Å²) in [7, 11) is 3.22. The Morgan fingerprint density at radius 1 is 1.62 bits per heavy atom. The number of anilines is 2. The zero-order valence-electron chi connectivity index (χ0n) is 9.19. The molecule has 0 aliphatic heterocycles. The van der Waals surface area contributed by atoms with Crippen LogP contribution in [0, 0.1) is 11.3 Å². The van der Waals surface area contributed by atoms with Crippen molar-refractivity contribution in [2.24, 2.45) is 0 Å². The molecule has 1 aromatic rings. The average molecular weight is 242 g/mol. The first-order chi connectivity index (χ1) is 7.72. The van der Waals surface area contributed by atoms with E-state index in [0.29, 0.717) is 23.7 Å². The minimum atomic E-state index is -0.0696. The van der Waals surface area contributed by atoms with E-state index in [-0.39, 0.29) is 11.9 Å². The summed E-state index contributed by atoms with van der Waals surface area (Å²) in [6, 6.07) is 2.01. The number of hydrogen-bond acceptors (Lipinski definition) is 7. The molecule has 0 fully saturated rings. The lowest BCUT2D eigenvalue weighted by Gasteiger charge is -2.14. The lowest BCUT2D eigenvalue weighted by atomic mass is 10.3. The zero-order valence-corrected chi connectivity index (χ0v) is 10.0. The van der Waals surface area contributed by atoms with E-state index in [1.165, 1.54) is 11.5 Å². The third kappa shape index (κ3) is 3.06. The summed E-state index contributed by atoms with van der Waals surface area (Å²) in [6.45, 7) is 1.03. The summed E-state index contributed by atoms with van der Waals surface area (Å²) in [5.41, 5.74) is 5.92. The van der Waals surface area contributed by atoms with Gasteiger partial charge in [0.15, 0.2) is 5.82 Å². The van der Waals surface area contributed by atoms with Gasteiger partial charge in [-0.3, -0.25) is 0 Å². The molecule has 0 aromatic carbocycles. The maximum absolute atomic E-state index is 8.85. The van der Waals surface area contributed by atoms with E-state index in [1.807, 2.05) is 6.07 Å². The minimum Gasteiger partial charge on any atom is -0.382 e. The zero-order chi connectivity index (χ0) is 12.0. The van der Waals surface area contributed by atoms with Crippen LogP contribution in [0.15, 0.2) is 0 Å². The molecule has 0 aliphatic carbocycles. The second kappa shape index (κ2) is 6.27. The minimum absolute atomic E-state index is 0.0696. The van der Waals surface area contributed by atoms with Crippen LogP contribution in [-0.2, 0) is 9.47 Å². The number of nitrogens with zero attached hydrogens (tertiary/aromatic N) is 2. The molecule has 0 spiro atoms. The van der Waals surface area contributed by atoms with Gasteiger partial charge in [0, 0.05) is 20.8 Å². The smallest absolute Gasteiger partial charge is 0.157 e. The van der Waals surface area contributed by atoms with Crippen molar-refractivity contribution in [3.63, 3.8) is 0 Å². The molecular weight excluding hydrogens is 228 g/mol. The standard InChI is InChI=1S/C9H14N4O2S/c1-14-5-6(15-2)4-12-9-7(3-10)8(11)13-16-9/h6,12H,4-5H2,1-2H3,(H2,11,13). The van der Waals surface area contributed by atoms with Crippen LogP contribution in [0.5, 0.6) is 0 Å². The van der Waals surface area contributed by atoms with Crippen molar-refractivity contribution in [3.05, 3.63) is 5.56 Å². The summed E-state index contributed by atoms with van der Waals surface area (Å²) in [6.07, 6.45) is -0.0696. The molecule has 16 heavy (non-hydrogen) atoms. The Balaban J connectivity index is 2.57. The van der Waals surface area contributed by atoms with E-state index >= 15 is 0 Å². The van der Waals surface area contributed by atoms with Gasteiger partial charge in [-0.15, -0.1) is 0 Å². The highest BCUT2D eigenvalue weighted by Gasteiger charge is 2.13. The van der Waals surface area contributed by atoms with Gasteiger partial charge in [0.2, 0.25) is 0 Å². The van der Waals surface area contributed by atoms with Crippen LogP contribution in [0.25, 0.3) is 0 Å². The van der Waals surface area contributed by atoms with E-state index < -0.39 is 0 Å². The number of rotatable bonds is 6. The fourth-order valence-corrected chi connectivity index (χ4v) is 1.80. The second-order valence-corrected chi connectivity index (χ2v) is 3.85. The Hall–Kier alpha value is -1.36. The molecule has 3 N–H and O–H groups in total. The number of nitrogen functional groups attached to an aromatic ring is 1. The van der Waals surface area contributed by atoms with E-state index in [4.69, 9.17) is 20.5 Å². The first-order valence-corrected chi connectivity index (χ1v) is 5.41. The quantitative estimate of drug-likeness (QED) is 0.761. The summed E-state index contributed by atoms with van der Waals surface area (Å²) in [5, 5.41) is 12.6. The van der Waals surface area contributed by atoms with Gasteiger partial charge >= 0.3 is 0 Å². The maximum Gasteiger partial charge on any atom is 0.157 e. The maximum atomic E-state index is 8.85.